The molecule has 0 bridgehead atoms. The molecule has 2 N–H and O–H groups in total. The summed E-state index contributed by atoms with van der Waals surface area (Å²) in [5.74, 6) is 0.699. The van der Waals surface area contributed by atoms with Crippen LogP contribution in [0.5, 0.6) is 0 Å². The lowest BCUT2D eigenvalue weighted by Gasteiger charge is -2.40. The molecule has 2 amide bonds. The van der Waals surface area contributed by atoms with E-state index in [1.165, 1.54) is 12.1 Å². The zero-order valence-corrected chi connectivity index (χ0v) is 15.6. The van der Waals surface area contributed by atoms with E-state index in [0.29, 0.717) is 11.7 Å². The van der Waals surface area contributed by atoms with E-state index in [-0.39, 0.29) is 23.3 Å². The summed E-state index contributed by atoms with van der Waals surface area (Å²) in [5, 5.41) is 10.1. The molecule has 7 heteroatoms. The number of rotatable bonds is 4. The van der Waals surface area contributed by atoms with Crippen molar-refractivity contribution < 1.29 is 13.7 Å². The van der Waals surface area contributed by atoms with Crippen molar-refractivity contribution in [3.8, 4) is 0 Å². The van der Waals surface area contributed by atoms with Crippen LogP contribution in [0.4, 0.5) is 9.18 Å². The Balaban J connectivity index is 1.76. The van der Waals surface area contributed by atoms with Gasteiger partial charge in [0.15, 0.2) is 5.82 Å². The molecular formula is C19H25FN4O2. The fourth-order valence-electron chi connectivity index (χ4n) is 3.27. The second-order valence-corrected chi connectivity index (χ2v) is 8.02. The first-order chi connectivity index (χ1) is 12.2. The van der Waals surface area contributed by atoms with Crippen LogP contribution in [0.25, 0.3) is 0 Å². The van der Waals surface area contributed by atoms with Crippen molar-refractivity contribution in [2.45, 2.75) is 58.5 Å². The maximum atomic E-state index is 13.3. The van der Waals surface area contributed by atoms with Gasteiger partial charge in [0.25, 0.3) is 0 Å². The normalized spacial score (nSPS) is 17.3. The van der Waals surface area contributed by atoms with E-state index in [2.05, 4.69) is 20.8 Å². The van der Waals surface area contributed by atoms with Crippen LogP contribution in [0.1, 0.15) is 63.4 Å². The second-order valence-electron chi connectivity index (χ2n) is 8.02. The highest BCUT2D eigenvalue weighted by Gasteiger charge is 2.44. The minimum absolute atomic E-state index is 0.245. The fraction of sp³-hybridized carbons (Fsp3) is 0.526. The van der Waals surface area contributed by atoms with Gasteiger partial charge in [0, 0.05) is 6.92 Å². The van der Waals surface area contributed by atoms with Gasteiger partial charge in [0.05, 0.1) is 6.04 Å². The summed E-state index contributed by atoms with van der Waals surface area (Å²) in [4.78, 5) is 17.0. The number of nitrogens with one attached hydrogen (secondary N) is 2. The van der Waals surface area contributed by atoms with Crippen LogP contribution in [-0.4, -0.2) is 16.2 Å². The number of aromatic nitrogens is 2. The van der Waals surface area contributed by atoms with Crippen molar-refractivity contribution in [1.82, 2.24) is 20.8 Å². The lowest BCUT2D eigenvalue weighted by molar-refractivity contribution is 0.157. The molecule has 1 fully saturated rings. The highest BCUT2D eigenvalue weighted by Crippen LogP contribution is 2.40. The minimum atomic E-state index is -0.576. The Labute approximate surface area is 152 Å². The molecular weight excluding hydrogens is 335 g/mol. The maximum absolute atomic E-state index is 13.3. The van der Waals surface area contributed by atoms with Gasteiger partial charge >= 0.3 is 6.03 Å². The van der Waals surface area contributed by atoms with Crippen molar-refractivity contribution >= 4 is 6.03 Å². The lowest BCUT2D eigenvalue weighted by atomic mass is 9.76. The summed E-state index contributed by atoms with van der Waals surface area (Å²) in [5.41, 5.74) is 0.0321. The van der Waals surface area contributed by atoms with E-state index >= 15 is 0 Å². The number of carbonyl (C=O) groups is 1. The van der Waals surface area contributed by atoms with E-state index in [1.54, 1.807) is 19.1 Å². The van der Waals surface area contributed by atoms with Crippen molar-refractivity contribution in [2.75, 3.05) is 0 Å². The number of hydrogen-bond donors (Lipinski definition) is 2. The first-order valence-corrected chi connectivity index (χ1v) is 8.85. The van der Waals surface area contributed by atoms with E-state index in [4.69, 9.17) is 4.52 Å². The average Bonchev–Trinajstić information content (AvgIpc) is 2.95. The first-order valence-electron chi connectivity index (χ1n) is 8.85. The SMILES string of the molecule is Cc1nc(C2(NC(=O)NC(c3ccc(F)cc3)C(C)(C)C)CCC2)no1. The molecule has 2 aromatic rings. The van der Waals surface area contributed by atoms with Crippen LogP contribution in [0.15, 0.2) is 28.8 Å². The number of halogens is 1. The van der Waals surface area contributed by atoms with Gasteiger partial charge in [0.1, 0.15) is 11.4 Å². The molecule has 0 saturated heterocycles. The minimum Gasteiger partial charge on any atom is -0.340 e. The second kappa shape index (κ2) is 6.70. The average molecular weight is 360 g/mol. The molecule has 1 aromatic heterocycles. The molecule has 26 heavy (non-hydrogen) atoms. The van der Waals surface area contributed by atoms with Gasteiger partial charge in [-0.2, -0.15) is 4.98 Å². The monoisotopic (exact) mass is 360 g/mol. The van der Waals surface area contributed by atoms with Gasteiger partial charge in [-0.3, -0.25) is 0 Å². The van der Waals surface area contributed by atoms with Gasteiger partial charge in [0.2, 0.25) is 5.89 Å². The van der Waals surface area contributed by atoms with Crippen molar-refractivity contribution in [2.24, 2.45) is 5.41 Å². The molecule has 0 radical (unpaired) electrons. The summed E-state index contributed by atoms with van der Waals surface area (Å²) in [6.07, 6.45) is 2.54. The molecule has 1 aromatic carbocycles. The van der Waals surface area contributed by atoms with E-state index in [0.717, 1.165) is 24.8 Å². The van der Waals surface area contributed by atoms with Crippen molar-refractivity contribution in [3.63, 3.8) is 0 Å². The molecule has 1 atom stereocenters. The Kier molecular flexibility index (Phi) is 4.73. The third kappa shape index (κ3) is 3.71. The summed E-state index contributed by atoms with van der Waals surface area (Å²) >= 11 is 0. The molecule has 6 nitrogen and oxygen atoms in total. The smallest absolute Gasteiger partial charge is 0.316 e. The number of aryl methyl sites for hydroxylation is 1. The quantitative estimate of drug-likeness (QED) is 0.864. The number of amides is 2. The van der Waals surface area contributed by atoms with Gasteiger partial charge < -0.3 is 15.2 Å². The van der Waals surface area contributed by atoms with Crippen LogP contribution in [-0.2, 0) is 5.54 Å². The number of benzene rings is 1. The van der Waals surface area contributed by atoms with E-state index in [1.807, 2.05) is 20.8 Å². The van der Waals surface area contributed by atoms with Crippen molar-refractivity contribution in [1.29, 1.82) is 0 Å². The van der Waals surface area contributed by atoms with E-state index < -0.39 is 5.54 Å². The highest BCUT2D eigenvalue weighted by molar-refractivity contribution is 5.75. The summed E-state index contributed by atoms with van der Waals surface area (Å²) in [6, 6.07) is 5.65. The van der Waals surface area contributed by atoms with Gasteiger partial charge in [-0.25, -0.2) is 9.18 Å². The fourth-order valence-corrected chi connectivity index (χ4v) is 3.27. The van der Waals surface area contributed by atoms with Gasteiger partial charge in [-0.05, 0) is 42.4 Å². The van der Waals surface area contributed by atoms with Crippen LogP contribution < -0.4 is 10.6 Å². The third-order valence-corrected chi connectivity index (χ3v) is 4.86. The van der Waals surface area contributed by atoms with Gasteiger partial charge in [-0.1, -0.05) is 38.1 Å². The number of nitrogens with zero attached hydrogens (tertiary/aromatic N) is 2. The predicted octanol–water partition coefficient (Wildman–Crippen LogP) is 3.98. The van der Waals surface area contributed by atoms with Crippen LogP contribution in [0.2, 0.25) is 0 Å². The van der Waals surface area contributed by atoms with Crippen molar-refractivity contribution in [3.05, 3.63) is 47.4 Å². The largest absolute Gasteiger partial charge is 0.340 e. The summed E-state index contributed by atoms with van der Waals surface area (Å²) in [6.45, 7) is 7.82. The highest BCUT2D eigenvalue weighted by atomic mass is 19.1. The lowest BCUT2D eigenvalue weighted by Crippen LogP contribution is -2.55. The zero-order chi connectivity index (χ0) is 18.9. The molecule has 0 spiro atoms. The molecule has 1 saturated carbocycles. The Hall–Kier alpha value is -2.44. The molecule has 1 heterocycles. The van der Waals surface area contributed by atoms with Crippen LogP contribution in [0, 0.1) is 18.2 Å². The Morgan fingerprint density at radius 3 is 2.38 bits per heavy atom. The Morgan fingerprint density at radius 1 is 1.27 bits per heavy atom. The molecule has 140 valence electrons. The van der Waals surface area contributed by atoms with Crippen LogP contribution in [0.3, 0.4) is 0 Å². The molecule has 1 aliphatic carbocycles. The maximum Gasteiger partial charge on any atom is 0.316 e. The predicted molar refractivity (Wildman–Crippen MR) is 94.8 cm³/mol. The summed E-state index contributed by atoms with van der Waals surface area (Å²) < 4.78 is 18.3. The number of hydrogen-bond acceptors (Lipinski definition) is 4. The molecule has 0 aliphatic heterocycles. The Bertz CT molecular complexity index is 776. The molecule has 1 unspecified atom stereocenters. The standard InChI is InChI=1S/C19H25FN4O2/c1-12-21-16(24-26-12)19(10-5-11-19)23-17(25)22-15(18(2,3)4)13-6-8-14(20)9-7-13/h6-9,15H,5,10-11H2,1-4H3,(H2,22,23,25). The Morgan fingerprint density at radius 2 is 1.92 bits per heavy atom. The zero-order valence-electron chi connectivity index (χ0n) is 15.6. The molecule has 1 aliphatic rings. The van der Waals surface area contributed by atoms with Gasteiger partial charge in [-0.15, -0.1) is 0 Å². The van der Waals surface area contributed by atoms with E-state index in [9.17, 15) is 9.18 Å². The third-order valence-electron chi connectivity index (χ3n) is 4.86. The topological polar surface area (TPSA) is 80.0 Å². The number of urea groups is 1. The first kappa shape index (κ1) is 18.4. The van der Waals surface area contributed by atoms with Crippen LogP contribution >= 0.6 is 0 Å². The number of carbonyl (C=O) groups excluding carboxylic acids is 1. The summed E-state index contributed by atoms with van der Waals surface area (Å²) in [7, 11) is 0. The molecule has 3 rings (SSSR count).